The Morgan fingerprint density at radius 2 is 1.61 bits per heavy atom. The SMILES string of the molecule is Clc1ccc2c(c1)C1(CO2)Cc2ccccc2-c2ccccc21. The summed E-state index contributed by atoms with van der Waals surface area (Å²) in [7, 11) is 0. The highest BCUT2D eigenvalue weighted by Gasteiger charge is 2.46. The van der Waals surface area contributed by atoms with Crippen molar-refractivity contribution >= 4 is 11.6 Å². The zero-order valence-corrected chi connectivity index (χ0v) is 13.3. The number of ether oxygens (including phenoxy) is 1. The molecule has 0 saturated carbocycles. The summed E-state index contributed by atoms with van der Waals surface area (Å²) in [4.78, 5) is 0. The van der Waals surface area contributed by atoms with E-state index in [4.69, 9.17) is 16.3 Å². The maximum absolute atomic E-state index is 6.30. The molecule has 1 aliphatic heterocycles. The highest BCUT2D eigenvalue weighted by atomic mass is 35.5. The van der Waals surface area contributed by atoms with Crippen molar-refractivity contribution in [3.63, 3.8) is 0 Å². The Bertz CT molecular complexity index is 931. The average molecular weight is 319 g/mol. The van der Waals surface area contributed by atoms with E-state index < -0.39 is 0 Å². The molecule has 0 bridgehead atoms. The first-order chi connectivity index (χ1) is 11.3. The molecule has 3 aromatic rings. The number of hydrogen-bond acceptors (Lipinski definition) is 1. The smallest absolute Gasteiger partial charge is 0.123 e. The van der Waals surface area contributed by atoms with Crippen LogP contribution in [-0.2, 0) is 11.8 Å². The van der Waals surface area contributed by atoms with Crippen LogP contribution in [0.3, 0.4) is 0 Å². The molecule has 1 unspecified atom stereocenters. The van der Waals surface area contributed by atoms with Gasteiger partial charge in [0, 0.05) is 10.6 Å². The molecule has 0 saturated heterocycles. The summed E-state index contributed by atoms with van der Waals surface area (Å²) in [5.41, 5.74) is 6.45. The van der Waals surface area contributed by atoms with Crippen molar-refractivity contribution in [3.8, 4) is 16.9 Å². The average Bonchev–Trinajstić information content (AvgIpc) is 2.94. The minimum Gasteiger partial charge on any atom is -0.492 e. The van der Waals surface area contributed by atoms with Gasteiger partial charge in [-0.25, -0.2) is 0 Å². The van der Waals surface area contributed by atoms with E-state index in [-0.39, 0.29) is 5.41 Å². The zero-order chi connectivity index (χ0) is 15.4. The Morgan fingerprint density at radius 1 is 0.826 bits per heavy atom. The molecule has 1 atom stereocenters. The van der Waals surface area contributed by atoms with Crippen LogP contribution in [0.4, 0.5) is 0 Å². The molecule has 112 valence electrons. The van der Waals surface area contributed by atoms with Gasteiger partial charge in [-0.05, 0) is 46.9 Å². The molecule has 2 heteroatoms. The molecule has 5 rings (SSSR count). The lowest BCUT2D eigenvalue weighted by Crippen LogP contribution is -2.35. The van der Waals surface area contributed by atoms with E-state index in [0.29, 0.717) is 6.61 Å². The maximum atomic E-state index is 6.30. The fourth-order valence-corrected chi connectivity index (χ4v) is 4.31. The van der Waals surface area contributed by atoms with E-state index in [1.54, 1.807) is 0 Å². The Hall–Kier alpha value is -2.25. The molecule has 0 amide bonds. The highest BCUT2D eigenvalue weighted by Crippen LogP contribution is 2.52. The van der Waals surface area contributed by atoms with Gasteiger partial charge in [-0.2, -0.15) is 0 Å². The van der Waals surface area contributed by atoms with Gasteiger partial charge in [0.2, 0.25) is 0 Å². The molecule has 1 spiro atoms. The first-order valence-electron chi connectivity index (χ1n) is 7.89. The molecule has 1 aliphatic carbocycles. The normalized spacial score (nSPS) is 20.6. The van der Waals surface area contributed by atoms with Crippen molar-refractivity contribution in [3.05, 3.63) is 88.4 Å². The summed E-state index contributed by atoms with van der Waals surface area (Å²) in [5, 5.41) is 0.768. The first-order valence-corrected chi connectivity index (χ1v) is 8.26. The number of rotatable bonds is 0. The second-order valence-corrected chi connectivity index (χ2v) is 6.83. The van der Waals surface area contributed by atoms with Gasteiger partial charge in [0.25, 0.3) is 0 Å². The van der Waals surface area contributed by atoms with Gasteiger partial charge in [0.1, 0.15) is 12.4 Å². The van der Waals surface area contributed by atoms with Crippen LogP contribution in [0.2, 0.25) is 5.02 Å². The van der Waals surface area contributed by atoms with E-state index in [2.05, 4.69) is 54.6 Å². The second kappa shape index (κ2) is 4.62. The van der Waals surface area contributed by atoms with Crippen LogP contribution in [-0.4, -0.2) is 6.61 Å². The van der Waals surface area contributed by atoms with E-state index >= 15 is 0 Å². The van der Waals surface area contributed by atoms with Crippen molar-refractivity contribution < 1.29 is 4.74 Å². The zero-order valence-electron chi connectivity index (χ0n) is 12.6. The van der Waals surface area contributed by atoms with Crippen LogP contribution in [0, 0.1) is 0 Å². The van der Waals surface area contributed by atoms with Gasteiger partial charge in [-0.1, -0.05) is 60.1 Å². The maximum Gasteiger partial charge on any atom is 0.123 e. The van der Waals surface area contributed by atoms with Crippen molar-refractivity contribution in [1.29, 1.82) is 0 Å². The highest BCUT2D eigenvalue weighted by molar-refractivity contribution is 6.30. The number of fused-ring (bicyclic) bond motifs is 6. The fourth-order valence-electron chi connectivity index (χ4n) is 4.14. The lowest BCUT2D eigenvalue weighted by atomic mass is 9.65. The predicted molar refractivity (Wildman–Crippen MR) is 93.3 cm³/mol. The summed E-state index contributed by atoms with van der Waals surface area (Å²) in [5.74, 6) is 0.962. The van der Waals surface area contributed by atoms with Crippen LogP contribution in [0.15, 0.2) is 66.7 Å². The number of hydrogen-bond donors (Lipinski definition) is 0. The summed E-state index contributed by atoms with van der Waals surface area (Å²) in [6, 6.07) is 23.4. The van der Waals surface area contributed by atoms with Gasteiger partial charge >= 0.3 is 0 Å². The molecule has 3 aromatic carbocycles. The third kappa shape index (κ3) is 1.74. The molecular formula is C21H15ClO. The molecule has 0 fully saturated rings. The molecular weight excluding hydrogens is 304 g/mol. The van der Waals surface area contributed by atoms with Crippen molar-refractivity contribution in [2.24, 2.45) is 0 Å². The van der Waals surface area contributed by atoms with Gasteiger partial charge in [-0.3, -0.25) is 0 Å². The quantitative estimate of drug-likeness (QED) is 0.550. The molecule has 2 aliphatic rings. The van der Waals surface area contributed by atoms with Crippen molar-refractivity contribution in [2.45, 2.75) is 11.8 Å². The minimum absolute atomic E-state index is 0.134. The summed E-state index contributed by atoms with van der Waals surface area (Å²) in [6.07, 6.45) is 0.952. The van der Waals surface area contributed by atoms with E-state index in [0.717, 1.165) is 17.2 Å². The van der Waals surface area contributed by atoms with Crippen LogP contribution in [0.1, 0.15) is 16.7 Å². The molecule has 0 radical (unpaired) electrons. The summed E-state index contributed by atoms with van der Waals surface area (Å²) >= 11 is 6.30. The molecule has 1 nitrogen and oxygen atoms in total. The van der Waals surface area contributed by atoms with E-state index in [1.165, 1.54) is 27.8 Å². The molecule has 1 heterocycles. The fraction of sp³-hybridized carbons (Fsp3) is 0.143. The summed E-state index contributed by atoms with van der Waals surface area (Å²) < 4.78 is 6.06. The lowest BCUT2D eigenvalue weighted by Gasteiger charge is -2.36. The number of benzene rings is 3. The largest absolute Gasteiger partial charge is 0.492 e. The van der Waals surface area contributed by atoms with E-state index in [1.807, 2.05) is 12.1 Å². The standard InChI is InChI=1S/C21H15ClO/c22-15-9-10-20-19(11-15)21(13-23-20)12-14-5-1-2-6-16(14)17-7-3-4-8-18(17)21/h1-11H,12-13H2. The first kappa shape index (κ1) is 13.2. The second-order valence-electron chi connectivity index (χ2n) is 6.39. The monoisotopic (exact) mass is 318 g/mol. The van der Waals surface area contributed by atoms with Gasteiger partial charge < -0.3 is 4.74 Å². The summed E-state index contributed by atoms with van der Waals surface area (Å²) in [6.45, 7) is 0.675. The Morgan fingerprint density at radius 3 is 2.52 bits per heavy atom. The van der Waals surface area contributed by atoms with Crippen molar-refractivity contribution in [2.75, 3.05) is 6.61 Å². The van der Waals surface area contributed by atoms with Gasteiger partial charge in [-0.15, -0.1) is 0 Å². The third-order valence-electron chi connectivity index (χ3n) is 5.17. The van der Waals surface area contributed by atoms with Gasteiger partial charge in [0.15, 0.2) is 0 Å². The topological polar surface area (TPSA) is 9.23 Å². The molecule has 23 heavy (non-hydrogen) atoms. The minimum atomic E-state index is -0.134. The van der Waals surface area contributed by atoms with Crippen LogP contribution in [0.5, 0.6) is 5.75 Å². The molecule has 0 aromatic heterocycles. The van der Waals surface area contributed by atoms with Crippen LogP contribution >= 0.6 is 11.6 Å². The van der Waals surface area contributed by atoms with E-state index in [9.17, 15) is 0 Å². The third-order valence-corrected chi connectivity index (χ3v) is 5.41. The van der Waals surface area contributed by atoms with Gasteiger partial charge in [0.05, 0.1) is 5.41 Å². The molecule has 0 N–H and O–H groups in total. The predicted octanol–water partition coefficient (Wildman–Crippen LogP) is 5.24. The van der Waals surface area contributed by atoms with Crippen molar-refractivity contribution in [1.82, 2.24) is 0 Å². The number of halogens is 1. The van der Waals surface area contributed by atoms with Crippen LogP contribution < -0.4 is 4.74 Å². The Labute approximate surface area is 140 Å². The lowest BCUT2D eigenvalue weighted by molar-refractivity contribution is 0.289. The van der Waals surface area contributed by atoms with Crippen LogP contribution in [0.25, 0.3) is 11.1 Å². The Balaban J connectivity index is 1.84. The Kier molecular flexibility index (Phi) is 2.66.